The molecule has 0 aliphatic rings. The van der Waals surface area contributed by atoms with Crippen molar-refractivity contribution in [3.8, 4) is 11.5 Å². The molecule has 2 aromatic heterocycles. The van der Waals surface area contributed by atoms with E-state index in [2.05, 4.69) is 15.4 Å². The monoisotopic (exact) mass is 379 g/mol. The number of rotatable bonds is 5. The van der Waals surface area contributed by atoms with Gasteiger partial charge in [-0.3, -0.25) is 4.79 Å². The second-order valence-corrected chi connectivity index (χ2v) is 6.01. The highest BCUT2D eigenvalue weighted by Gasteiger charge is 2.15. The molecular weight excluding hydrogens is 362 g/mol. The summed E-state index contributed by atoms with van der Waals surface area (Å²) in [5.41, 5.74) is 1.20. The maximum absolute atomic E-state index is 12.6. The molecule has 28 heavy (non-hydrogen) atoms. The molecule has 0 radical (unpaired) electrons. The number of anilines is 1. The summed E-state index contributed by atoms with van der Waals surface area (Å²) < 4.78 is 12.8. The lowest BCUT2D eigenvalue weighted by atomic mass is 10.2. The summed E-state index contributed by atoms with van der Waals surface area (Å²) in [6, 6.07) is 12.4. The van der Waals surface area contributed by atoms with Crippen LogP contribution >= 0.6 is 0 Å². The first kappa shape index (κ1) is 17.5. The maximum atomic E-state index is 12.6. The average Bonchev–Trinajstić information content (AvgIpc) is 3.04. The van der Waals surface area contributed by atoms with Crippen LogP contribution in [0.4, 0.5) is 5.69 Å². The number of carbonyl (C=O) groups is 1. The third-order valence-electron chi connectivity index (χ3n) is 4.30. The number of methoxy groups -OCH3 is 2. The van der Waals surface area contributed by atoms with E-state index in [0.29, 0.717) is 22.8 Å². The van der Waals surface area contributed by atoms with Crippen LogP contribution in [0.25, 0.3) is 16.6 Å². The van der Waals surface area contributed by atoms with Gasteiger partial charge in [-0.05, 0) is 24.3 Å². The minimum atomic E-state index is -0.440. The van der Waals surface area contributed by atoms with E-state index >= 15 is 0 Å². The number of hydrogen-bond acceptors (Lipinski definition) is 6. The Morgan fingerprint density at radius 2 is 1.96 bits per heavy atom. The van der Waals surface area contributed by atoms with Crippen LogP contribution in [0.3, 0.4) is 0 Å². The molecule has 9 heteroatoms. The van der Waals surface area contributed by atoms with Crippen molar-refractivity contribution >= 4 is 28.1 Å². The normalized spacial score (nSPS) is 10.9. The summed E-state index contributed by atoms with van der Waals surface area (Å²) in [6.45, 7) is -0.246. The van der Waals surface area contributed by atoms with Crippen molar-refractivity contribution in [1.29, 1.82) is 0 Å². The standard InChI is InChI=1S/C19H17N5O4/c1-27-12-7-8-15(16(9-12)28-2)21-17(25)10-24-19(26)23-11-20-14-6-4-3-5-13(14)18(23)22-24/h3-9,11H,10H2,1-2H3,(H,21,25). The number of nitrogens with zero attached hydrogens (tertiary/aromatic N) is 4. The molecule has 1 amide bonds. The third kappa shape index (κ3) is 3.02. The van der Waals surface area contributed by atoms with E-state index in [9.17, 15) is 9.59 Å². The van der Waals surface area contributed by atoms with Gasteiger partial charge in [0.25, 0.3) is 0 Å². The van der Waals surface area contributed by atoms with Crippen LogP contribution in [0, 0.1) is 0 Å². The molecular formula is C19H17N5O4. The lowest BCUT2D eigenvalue weighted by molar-refractivity contribution is -0.117. The van der Waals surface area contributed by atoms with Crippen LogP contribution in [0.5, 0.6) is 11.5 Å². The van der Waals surface area contributed by atoms with Crippen LogP contribution in [0.2, 0.25) is 0 Å². The zero-order valence-corrected chi connectivity index (χ0v) is 15.2. The van der Waals surface area contributed by atoms with Crippen molar-refractivity contribution < 1.29 is 14.3 Å². The smallest absolute Gasteiger partial charge is 0.352 e. The Morgan fingerprint density at radius 1 is 1.14 bits per heavy atom. The van der Waals surface area contributed by atoms with Crippen molar-refractivity contribution in [3.63, 3.8) is 0 Å². The van der Waals surface area contributed by atoms with Crippen molar-refractivity contribution in [2.24, 2.45) is 0 Å². The Hall–Kier alpha value is -3.88. The molecule has 0 atom stereocenters. The van der Waals surface area contributed by atoms with Gasteiger partial charge in [-0.2, -0.15) is 0 Å². The number of fused-ring (bicyclic) bond motifs is 3. The molecule has 0 saturated heterocycles. The lowest BCUT2D eigenvalue weighted by Crippen LogP contribution is -2.28. The van der Waals surface area contributed by atoms with E-state index in [0.717, 1.165) is 15.6 Å². The van der Waals surface area contributed by atoms with Gasteiger partial charge in [-0.1, -0.05) is 12.1 Å². The highest BCUT2D eigenvalue weighted by Crippen LogP contribution is 2.28. The SMILES string of the molecule is COc1ccc(NC(=O)Cn2nc3c4ccccc4ncn3c2=O)c(OC)c1. The van der Waals surface area contributed by atoms with Gasteiger partial charge in [0, 0.05) is 11.5 Å². The first-order chi connectivity index (χ1) is 13.6. The third-order valence-corrected chi connectivity index (χ3v) is 4.30. The molecule has 0 aliphatic carbocycles. The van der Waals surface area contributed by atoms with E-state index in [1.54, 1.807) is 25.3 Å². The summed E-state index contributed by atoms with van der Waals surface area (Å²) in [6.07, 6.45) is 1.41. The topological polar surface area (TPSA) is 99.7 Å². The molecule has 1 N–H and O–H groups in total. The lowest BCUT2D eigenvalue weighted by Gasteiger charge is -2.11. The zero-order valence-electron chi connectivity index (χ0n) is 15.2. The fourth-order valence-corrected chi connectivity index (χ4v) is 2.93. The van der Waals surface area contributed by atoms with Gasteiger partial charge in [0.2, 0.25) is 5.91 Å². The van der Waals surface area contributed by atoms with Crippen molar-refractivity contribution in [3.05, 3.63) is 59.3 Å². The van der Waals surface area contributed by atoms with Crippen LogP contribution < -0.4 is 20.5 Å². The predicted octanol–water partition coefficient (Wildman–Crippen LogP) is 1.70. The van der Waals surface area contributed by atoms with E-state index in [1.807, 2.05) is 24.3 Å². The molecule has 4 aromatic rings. The zero-order chi connectivity index (χ0) is 19.7. The maximum Gasteiger partial charge on any atom is 0.352 e. The Morgan fingerprint density at radius 3 is 2.75 bits per heavy atom. The van der Waals surface area contributed by atoms with Crippen LogP contribution in [0.1, 0.15) is 0 Å². The highest BCUT2D eigenvalue weighted by molar-refractivity contribution is 5.93. The van der Waals surface area contributed by atoms with Gasteiger partial charge in [0.05, 0.1) is 25.4 Å². The number of amides is 1. The number of carbonyl (C=O) groups excluding carboxylic acids is 1. The number of para-hydroxylation sites is 1. The predicted molar refractivity (Wildman–Crippen MR) is 103 cm³/mol. The Bertz CT molecular complexity index is 1240. The molecule has 0 saturated carbocycles. The number of ether oxygens (including phenoxy) is 2. The van der Waals surface area contributed by atoms with Gasteiger partial charge >= 0.3 is 5.69 Å². The first-order valence-electron chi connectivity index (χ1n) is 8.45. The second kappa shape index (κ2) is 7.03. The molecule has 0 bridgehead atoms. The quantitative estimate of drug-likeness (QED) is 0.567. The summed E-state index contributed by atoms with van der Waals surface area (Å²) in [5, 5.41) is 7.77. The highest BCUT2D eigenvalue weighted by atomic mass is 16.5. The number of aromatic nitrogens is 4. The first-order valence-corrected chi connectivity index (χ1v) is 8.45. The largest absolute Gasteiger partial charge is 0.497 e. The summed E-state index contributed by atoms with van der Waals surface area (Å²) >= 11 is 0. The van der Waals surface area contributed by atoms with Crippen LogP contribution in [-0.2, 0) is 11.3 Å². The number of hydrogen-bond donors (Lipinski definition) is 1. The molecule has 2 aromatic carbocycles. The molecule has 2 heterocycles. The number of nitrogens with one attached hydrogen (secondary N) is 1. The fraction of sp³-hybridized carbons (Fsp3) is 0.158. The van der Waals surface area contributed by atoms with Crippen molar-refractivity contribution in [2.45, 2.75) is 6.54 Å². The summed E-state index contributed by atoms with van der Waals surface area (Å²) in [5.74, 6) is 0.641. The second-order valence-electron chi connectivity index (χ2n) is 6.01. The summed E-state index contributed by atoms with van der Waals surface area (Å²) in [4.78, 5) is 29.3. The number of benzene rings is 2. The molecule has 0 unspecified atom stereocenters. The average molecular weight is 379 g/mol. The van der Waals surface area contributed by atoms with E-state index in [4.69, 9.17) is 9.47 Å². The fourth-order valence-electron chi connectivity index (χ4n) is 2.93. The minimum absolute atomic E-state index is 0.246. The van der Waals surface area contributed by atoms with Crippen molar-refractivity contribution in [1.82, 2.24) is 19.2 Å². The van der Waals surface area contributed by atoms with E-state index in [-0.39, 0.29) is 6.54 Å². The van der Waals surface area contributed by atoms with Gasteiger partial charge < -0.3 is 14.8 Å². The molecule has 9 nitrogen and oxygen atoms in total. The van der Waals surface area contributed by atoms with E-state index < -0.39 is 11.6 Å². The minimum Gasteiger partial charge on any atom is -0.497 e. The van der Waals surface area contributed by atoms with Gasteiger partial charge in [0.15, 0.2) is 5.65 Å². The molecule has 4 rings (SSSR count). The Kier molecular flexibility index (Phi) is 4.40. The van der Waals surface area contributed by atoms with E-state index in [1.165, 1.54) is 17.8 Å². The van der Waals surface area contributed by atoms with Gasteiger partial charge in [-0.25, -0.2) is 18.9 Å². The summed E-state index contributed by atoms with van der Waals surface area (Å²) in [7, 11) is 3.04. The Balaban J connectivity index is 1.63. The van der Waals surface area contributed by atoms with Crippen LogP contribution in [-0.4, -0.2) is 39.3 Å². The van der Waals surface area contributed by atoms with Crippen LogP contribution in [0.15, 0.2) is 53.6 Å². The molecule has 142 valence electrons. The molecule has 0 aliphatic heterocycles. The van der Waals surface area contributed by atoms with Gasteiger partial charge in [-0.15, -0.1) is 5.10 Å². The Labute approximate surface area is 159 Å². The molecule has 0 spiro atoms. The van der Waals surface area contributed by atoms with Gasteiger partial charge in [0.1, 0.15) is 24.4 Å². The molecule has 0 fully saturated rings. The van der Waals surface area contributed by atoms with Crippen molar-refractivity contribution in [2.75, 3.05) is 19.5 Å².